The highest BCUT2D eigenvalue weighted by atomic mass is 19.4. The van der Waals surface area contributed by atoms with E-state index < -0.39 is 42.0 Å². The molecular formula is C17H28F3NO3. The van der Waals surface area contributed by atoms with Gasteiger partial charge in [-0.3, -0.25) is 9.59 Å². The zero-order valence-electron chi connectivity index (χ0n) is 15.1. The Hall–Kier alpha value is -1.27. The summed E-state index contributed by atoms with van der Waals surface area (Å²) in [5.74, 6) is -1.18. The molecule has 0 bridgehead atoms. The number of hydrogen-bond acceptors (Lipinski definition) is 3. The molecule has 0 aromatic rings. The minimum absolute atomic E-state index is 0.184. The van der Waals surface area contributed by atoms with E-state index in [9.17, 15) is 22.8 Å². The van der Waals surface area contributed by atoms with Gasteiger partial charge in [-0.2, -0.15) is 13.2 Å². The molecule has 1 fully saturated rings. The predicted molar refractivity (Wildman–Crippen MR) is 84.2 cm³/mol. The molecule has 1 aliphatic heterocycles. The lowest BCUT2D eigenvalue weighted by molar-refractivity contribution is -0.173. The fourth-order valence-electron chi connectivity index (χ4n) is 2.87. The molecule has 0 aromatic heterocycles. The lowest BCUT2D eigenvalue weighted by atomic mass is 9.88. The highest BCUT2D eigenvalue weighted by Gasteiger charge is 2.41. The summed E-state index contributed by atoms with van der Waals surface area (Å²) in [6, 6.07) is -0.506. The predicted octanol–water partition coefficient (Wildman–Crippen LogP) is 3.93. The number of carbonyl (C=O) groups is 2. The van der Waals surface area contributed by atoms with Gasteiger partial charge in [-0.25, -0.2) is 0 Å². The maximum absolute atomic E-state index is 12.6. The number of nitrogens with zero attached hydrogens (tertiary/aromatic N) is 1. The van der Waals surface area contributed by atoms with Crippen LogP contribution in [0, 0.1) is 11.3 Å². The van der Waals surface area contributed by atoms with Crippen LogP contribution in [0.1, 0.15) is 60.3 Å². The van der Waals surface area contributed by atoms with E-state index in [1.54, 1.807) is 27.7 Å². The summed E-state index contributed by atoms with van der Waals surface area (Å²) in [5.41, 5.74) is -0.699. The fraction of sp³-hybridized carbons (Fsp3) is 0.882. The van der Waals surface area contributed by atoms with Gasteiger partial charge in [0.2, 0.25) is 5.91 Å². The van der Waals surface area contributed by atoms with E-state index in [1.807, 2.05) is 6.92 Å². The van der Waals surface area contributed by atoms with E-state index in [4.69, 9.17) is 4.74 Å². The molecule has 4 nitrogen and oxygen atoms in total. The van der Waals surface area contributed by atoms with E-state index in [2.05, 4.69) is 0 Å². The molecule has 1 heterocycles. The zero-order chi connectivity index (χ0) is 18.7. The van der Waals surface area contributed by atoms with Crippen LogP contribution in [0.2, 0.25) is 0 Å². The standard InChI is InChI=1S/C17H28F3NO3/c1-6-12-7-8-13(11(2)24-15(23)16(3,4)5)21(10-12)14(22)9-17(18,19)20/h11-13H,6-10H2,1-5H3. The third kappa shape index (κ3) is 5.98. The van der Waals surface area contributed by atoms with Gasteiger partial charge in [0.15, 0.2) is 0 Å². The number of halogens is 3. The van der Waals surface area contributed by atoms with Crippen LogP contribution in [0.25, 0.3) is 0 Å². The SMILES string of the molecule is CCC1CCC(C(C)OC(=O)C(C)(C)C)N(C(=O)CC(F)(F)F)C1. The van der Waals surface area contributed by atoms with Gasteiger partial charge in [0, 0.05) is 6.54 Å². The summed E-state index contributed by atoms with van der Waals surface area (Å²) in [4.78, 5) is 25.4. The van der Waals surface area contributed by atoms with Crippen LogP contribution >= 0.6 is 0 Å². The fourth-order valence-corrected chi connectivity index (χ4v) is 2.87. The van der Waals surface area contributed by atoms with Crippen LogP contribution in [-0.2, 0) is 14.3 Å². The Kier molecular flexibility index (Phi) is 6.70. The lowest BCUT2D eigenvalue weighted by Crippen LogP contribution is -2.53. The van der Waals surface area contributed by atoms with E-state index in [0.717, 1.165) is 12.8 Å². The van der Waals surface area contributed by atoms with Crippen LogP contribution in [0.5, 0.6) is 0 Å². The Morgan fingerprint density at radius 3 is 2.25 bits per heavy atom. The number of hydrogen-bond donors (Lipinski definition) is 0. The molecule has 3 atom stereocenters. The van der Waals surface area contributed by atoms with E-state index in [0.29, 0.717) is 6.42 Å². The van der Waals surface area contributed by atoms with Gasteiger partial charge in [0.25, 0.3) is 0 Å². The lowest BCUT2D eigenvalue weighted by Gasteiger charge is -2.42. The van der Waals surface area contributed by atoms with Gasteiger partial charge in [-0.1, -0.05) is 13.3 Å². The van der Waals surface area contributed by atoms with Crippen LogP contribution < -0.4 is 0 Å². The Morgan fingerprint density at radius 2 is 1.79 bits per heavy atom. The number of ether oxygens (including phenoxy) is 1. The highest BCUT2D eigenvalue weighted by molar-refractivity contribution is 5.78. The van der Waals surface area contributed by atoms with Crippen molar-refractivity contribution < 1.29 is 27.5 Å². The molecule has 0 saturated carbocycles. The summed E-state index contributed by atoms with van der Waals surface area (Å²) in [6.45, 7) is 9.02. The summed E-state index contributed by atoms with van der Waals surface area (Å²) >= 11 is 0. The van der Waals surface area contributed by atoms with Crippen LogP contribution in [0.4, 0.5) is 13.2 Å². The van der Waals surface area contributed by atoms with Crippen LogP contribution in [-0.4, -0.2) is 41.6 Å². The topological polar surface area (TPSA) is 46.6 Å². The second kappa shape index (κ2) is 7.74. The first-order valence-corrected chi connectivity index (χ1v) is 8.42. The summed E-state index contributed by atoms with van der Waals surface area (Å²) in [7, 11) is 0. The van der Waals surface area contributed by atoms with E-state index in [1.165, 1.54) is 4.90 Å². The Morgan fingerprint density at radius 1 is 1.21 bits per heavy atom. The maximum atomic E-state index is 12.6. The highest BCUT2D eigenvalue weighted by Crippen LogP contribution is 2.31. The molecule has 1 rings (SSSR count). The molecule has 1 amide bonds. The van der Waals surface area contributed by atoms with Crippen molar-refractivity contribution in [2.75, 3.05) is 6.54 Å². The maximum Gasteiger partial charge on any atom is 0.397 e. The number of rotatable bonds is 4. The number of esters is 1. The van der Waals surface area contributed by atoms with Gasteiger partial charge in [-0.05, 0) is 46.5 Å². The molecule has 0 aliphatic carbocycles. The normalized spacial score (nSPS) is 23.8. The molecule has 0 N–H and O–H groups in total. The molecule has 3 unspecified atom stereocenters. The van der Waals surface area contributed by atoms with Gasteiger partial charge in [-0.15, -0.1) is 0 Å². The minimum atomic E-state index is -4.54. The molecule has 7 heteroatoms. The monoisotopic (exact) mass is 351 g/mol. The third-order valence-electron chi connectivity index (χ3n) is 4.42. The molecule has 140 valence electrons. The first-order chi connectivity index (χ1) is 10.8. The molecule has 24 heavy (non-hydrogen) atoms. The average Bonchev–Trinajstić information content (AvgIpc) is 2.43. The summed E-state index contributed by atoms with van der Waals surface area (Å²) in [5, 5.41) is 0. The molecule has 1 aliphatic rings. The van der Waals surface area contributed by atoms with E-state index >= 15 is 0 Å². The number of piperidine rings is 1. The molecule has 1 saturated heterocycles. The van der Waals surface area contributed by atoms with Gasteiger partial charge in [0.1, 0.15) is 12.5 Å². The second-order valence-corrected chi connectivity index (χ2v) is 7.62. The Bertz CT molecular complexity index is 457. The van der Waals surface area contributed by atoms with E-state index in [-0.39, 0.29) is 12.5 Å². The first-order valence-electron chi connectivity index (χ1n) is 8.42. The van der Waals surface area contributed by atoms with Crippen LogP contribution in [0.15, 0.2) is 0 Å². The van der Waals surface area contributed by atoms with Crippen molar-refractivity contribution in [1.82, 2.24) is 4.90 Å². The Balaban J connectivity index is 2.88. The van der Waals surface area contributed by atoms with Crippen molar-refractivity contribution in [3.63, 3.8) is 0 Å². The third-order valence-corrected chi connectivity index (χ3v) is 4.42. The van der Waals surface area contributed by atoms with Gasteiger partial charge >= 0.3 is 12.1 Å². The first kappa shape index (κ1) is 20.8. The largest absolute Gasteiger partial charge is 0.460 e. The van der Waals surface area contributed by atoms with Crippen molar-refractivity contribution in [2.24, 2.45) is 11.3 Å². The minimum Gasteiger partial charge on any atom is -0.460 e. The van der Waals surface area contributed by atoms with Crippen molar-refractivity contribution in [2.45, 2.75) is 78.6 Å². The molecular weight excluding hydrogens is 323 g/mol. The Labute approximate surface area is 141 Å². The van der Waals surface area contributed by atoms with Gasteiger partial charge in [0.05, 0.1) is 11.5 Å². The summed E-state index contributed by atoms with van der Waals surface area (Å²) < 4.78 is 43.2. The second-order valence-electron chi connectivity index (χ2n) is 7.62. The number of amides is 1. The zero-order valence-corrected chi connectivity index (χ0v) is 15.1. The summed E-state index contributed by atoms with van der Waals surface area (Å²) in [6.07, 6.45) is -4.48. The van der Waals surface area contributed by atoms with Crippen LogP contribution in [0.3, 0.4) is 0 Å². The number of likely N-dealkylation sites (tertiary alicyclic amines) is 1. The molecule has 0 spiro atoms. The number of alkyl halides is 3. The smallest absolute Gasteiger partial charge is 0.397 e. The average molecular weight is 351 g/mol. The quantitative estimate of drug-likeness (QED) is 0.721. The van der Waals surface area contributed by atoms with Gasteiger partial charge < -0.3 is 9.64 Å². The molecule has 0 radical (unpaired) electrons. The van der Waals surface area contributed by atoms with Crippen molar-refractivity contribution in [3.8, 4) is 0 Å². The van der Waals surface area contributed by atoms with Crippen molar-refractivity contribution in [1.29, 1.82) is 0 Å². The number of carbonyl (C=O) groups excluding carboxylic acids is 2. The van der Waals surface area contributed by atoms with Crippen molar-refractivity contribution >= 4 is 11.9 Å². The molecule has 0 aromatic carbocycles. The van der Waals surface area contributed by atoms with Crippen molar-refractivity contribution in [3.05, 3.63) is 0 Å².